The van der Waals surface area contributed by atoms with E-state index in [0.717, 1.165) is 41.8 Å². The van der Waals surface area contributed by atoms with Crippen molar-refractivity contribution in [3.63, 3.8) is 0 Å². The number of carbonyl (C=O) groups excluding carboxylic acids is 1. The molecule has 0 aromatic heterocycles. The Morgan fingerprint density at radius 3 is 2.64 bits per heavy atom. The maximum atomic E-state index is 12.3. The molecule has 1 amide bonds. The Labute approximate surface area is 141 Å². The molecule has 1 aliphatic carbocycles. The third kappa shape index (κ3) is 4.64. The third-order valence-corrected chi connectivity index (χ3v) is 5.93. The largest absolute Gasteiger partial charge is 0.342 e. The first-order valence-corrected chi connectivity index (χ1v) is 9.47. The summed E-state index contributed by atoms with van der Waals surface area (Å²) in [6, 6.07) is 8.30. The highest BCUT2D eigenvalue weighted by atomic mass is 35.5. The highest BCUT2D eigenvalue weighted by Gasteiger charge is 2.25. The first-order chi connectivity index (χ1) is 10.7. The lowest BCUT2D eigenvalue weighted by Crippen LogP contribution is -2.45. The monoisotopic (exact) mass is 338 g/mol. The van der Waals surface area contributed by atoms with Gasteiger partial charge in [0.25, 0.3) is 0 Å². The van der Waals surface area contributed by atoms with E-state index in [9.17, 15) is 4.79 Å². The summed E-state index contributed by atoms with van der Waals surface area (Å²) < 4.78 is 0. The molecule has 1 aromatic carbocycles. The van der Waals surface area contributed by atoms with E-state index in [4.69, 9.17) is 11.6 Å². The maximum absolute atomic E-state index is 12.3. The molecule has 1 saturated carbocycles. The van der Waals surface area contributed by atoms with Gasteiger partial charge >= 0.3 is 0 Å². The van der Waals surface area contributed by atoms with Gasteiger partial charge in [-0.2, -0.15) is 0 Å². The number of rotatable bonds is 6. The summed E-state index contributed by atoms with van der Waals surface area (Å²) >= 11 is 7.66. The summed E-state index contributed by atoms with van der Waals surface area (Å²) in [5.74, 6) is 1.63. The fourth-order valence-corrected chi connectivity index (χ4v) is 3.92. The van der Waals surface area contributed by atoms with Gasteiger partial charge in [0.1, 0.15) is 0 Å². The quantitative estimate of drug-likeness (QED) is 0.807. The van der Waals surface area contributed by atoms with Gasteiger partial charge in [-0.3, -0.25) is 4.79 Å². The molecule has 3 nitrogen and oxygen atoms in total. The number of thioether (sulfide) groups is 1. The molecule has 0 radical (unpaired) electrons. The molecular weight excluding hydrogens is 316 g/mol. The lowest BCUT2D eigenvalue weighted by molar-refractivity contribution is -0.129. The molecule has 1 aliphatic heterocycles. The first-order valence-electron chi connectivity index (χ1n) is 8.11. The Kier molecular flexibility index (Phi) is 5.66. The number of nitrogens with one attached hydrogen (secondary N) is 1. The summed E-state index contributed by atoms with van der Waals surface area (Å²) in [4.78, 5) is 15.3. The van der Waals surface area contributed by atoms with Crippen LogP contribution in [0.3, 0.4) is 0 Å². The van der Waals surface area contributed by atoms with Gasteiger partial charge in [-0.1, -0.05) is 23.7 Å². The molecule has 1 heterocycles. The summed E-state index contributed by atoms with van der Waals surface area (Å²) in [6.45, 7) is 2.93. The zero-order valence-electron chi connectivity index (χ0n) is 12.8. The van der Waals surface area contributed by atoms with E-state index in [1.807, 2.05) is 29.2 Å². The number of amides is 1. The van der Waals surface area contributed by atoms with E-state index in [1.54, 1.807) is 0 Å². The van der Waals surface area contributed by atoms with Gasteiger partial charge in [0.2, 0.25) is 5.91 Å². The van der Waals surface area contributed by atoms with Crippen LogP contribution in [0.1, 0.15) is 25.7 Å². The average Bonchev–Trinajstić information content (AvgIpc) is 3.37. The SMILES string of the molecule is O=C(CSc1ccccc1Cl)N1CCC(NCC2CC2)CC1. The van der Waals surface area contributed by atoms with Crippen molar-refractivity contribution in [2.45, 2.75) is 36.6 Å². The normalized spacial score (nSPS) is 19.4. The van der Waals surface area contributed by atoms with E-state index in [-0.39, 0.29) is 5.91 Å². The van der Waals surface area contributed by atoms with E-state index in [2.05, 4.69) is 5.32 Å². The Balaban J connectivity index is 1.39. The lowest BCUT2D eigenvalue weighted by Gasteiger charge is -2.32. The lowest BCUT2D eigenvalue weighted by atomic mass is 10.0. The number of nitrogens with zero attached hydrogens (tertiary/aromatic N) is 1. The van der Waals surface area contributed by atoms with Crippen LogP contribution in [0.2, 0.25) is 5.02 Å². The van der Waals surface area contributed by atoms with Gasteiger partial charge < -0.3 is 10.2 Å². The number of carbonyl (C=O) groups is 1. The van der Waals surface area contributed by atoms with Crippen molar-refractivity contribution in [3.05, 3.63) is 29.3 Å². The minimum absolute atomic E-state index is 0.227. The molecule has 5 heteroatoms. The molecule has 1 aromatic rings. The fourth-order valence-electron chi connectivity index (χ4n) is 2.78. The van der Waals surface area contributed by atoms with Crippen LogP contribution in [0.5, 0.6) is 0 Å². The van der Waals surface area contributed by atoms with E-state index in [0.29, 0.717) is 11.8 Å². The first kappa shape index (κ1) is 16.2. The van der Waals surface area contributed by atoms with E-state index in [1.165, 1.54) is 31.1 Å². The smallest absolute Gasteiger partial charge is 0.232 e. The Morgan fingerprint density at radius 1 is 1.23 bits per heavy atom. The predicted octanol–water partition coefficient (Wildman–Crippen LogP) is 3.42. The molecule has 2 aliphatic rings. The van der Waals surface area contributed by atoms with Crippen molar-refractivity contribution in [1.29, 1.82) is 0 Å². The minimum Gasteiger partial charge on any atom is -0.342 e. The number of piperidine rings is 1. The van der Waals surface area contributed by atoms with Gasteiger partial charge in [0.15, 0.2) is 0 Å². The summed E-state index contributed by atoms with van der Waals surface area (Å²) in [5, 5.41) is 4.37. The molecule has 22 heavy (non-hydrogen) atoms. The Morgan fingerprint density at radius 2 is 1.95 bits per heavy atom. The Bertz CT molecular complexity index is 513. The van der Waals surface area contributed by atoms with Crippen LogP contribution in [-0.4, -0.2) is 42.2 Å². The van der Waals surface area contributed by atoms with Crippen molar-refractivity contribution in [1.82, 2.24) is 10.2 Å². The van der Waals surface area contributed by atoms with Crippen LogP contribution >= 0.6 is 23.4 Å². The van der Waals surface area contributed by atoms with Crippen LogP contribution in [0.15, 0.2) is 29.2 Å². The highest BCUT2D eigenvalue weighted by molar-refractivity contribution is 8.00. The second-order valence-corrected chi connectivity index (χ2v) is 7.65. The molecule has 120 valence electrons. The summed E-state index contributed by atoms with van der Waals surface area (Å²) in [5.41, 5.74) is 0. The van der Waals surface area contributed by atoms with E-state index >= 15 is 0 Å². The van der Waals surface area contributed by atoms with Crippen LogP contribution < -0.4 is 5.32 Å². The topological polar surface area (TPSA) is 32.3 Å². The molecule has 0 spiro atoms. The second-order valence-electron chi connectivity index (χ2n) is 6.23. The molecule has 3 rings (SSSR count). The molecule has 0 bridgehead atoms. The van der Waals surface area contributed by atoms with Crippen LogP contribution in [0, 0.1) is 5.92 Å². The maximum Gasteiger partial charge on any atom is 0.232 e. The van der Waals surface area contributed by atoms with Crippen molar-refractivity contribution in [3.8, 4) is 0 Å². The van der Waals surface area contributed by atoms with Crippen LogP contribution in [-0.2, 0) is 4.79 Å². The van der Waals surface area contributed by atoms with Crippen molar-refractivity contribution in [2.75, 3.05) is 25.4 Å². The molecule has 2 fully saturated rings. The number of halogens is 1. The summed E-state index contributed by atoms with van der Waals surface area (Å²) in [6.07, 6.45) is 4.94. The number of hydrogen-bond donors (Lipinski definition) is 1. The predicted molar refractivity (Wildman–Crippen MR) is 92.5 cm³/mol. The molecular formula is C17H23ClN2OS. The molecule has 1 N–H and O–H groups in total. The van der Waals surface area contributed by atoms with Crippen molar-refractivity contribution in [2.24, 2.45) is 5.92 Å². The zero-order chi connectivity index (χ0) is 15.4. The molecule has 0 unspecified atom stereocenters. The van der Waals surface area contributed by atoms with Gasteiger partial charge in [-0.25, -0.2) is 0 Å². The van der Waals surface area contributed by atoms with Crippen LogP contribution in [0.25, 0.3) is 0 Å². The zero-order valence-corrected chi connectivity index (χ0v) is 14.3. The van der Waals surface area contributed by atoms with Crippen molar-refractivity contribution >= 4 is 29.3 Å². The fraction of sp³-hybridized carbons (Fsp3) is 0.588. The van der Waals surface area contributed by atoms with Crippen molar-refractivity contribution < 1.29 is 4.79 Å². The standard InChI is InChI=1S/C17H23ClN2OS/c18-15-3-1-2-4-16(15)22-12-17(21)20-9-7-14(8-10-20)19-11-13-5-6-13/h1-4,13-14,19H,5-12H2. The average molecular weight is 339 g/mol. The summed E-state index contributed by atoms with van der Waals surface area (Å²) in [7, 11) is 0. The minimum atomic E-state index is 0.227. The van der Waals surface area contributed by atoms with Crippen LogP contribution in [0.4, 0.5) is 0 Å². The Hall–Kier alpha value is -0.710. The number of benzene rings is 1. The molecule has 0 atom stereocenters. The van der Waals surface area contributed by atoms with Gasteiger partial charge in [-0.15, -0.1) is 11.8 Å². The number of likely N-dealkylation sites (tertiary alicyclic amines) is 1. The second kappa shape index (κ2) is 7.71. The van der Waals surface area contributed by atoms with Gasteiger partial charge in [-0.05, 0) is 50.3 Å². The third-order valence-electron chi connectivity index (χ3n) is 4.43. The van der Waals surface area contributed by atoms with Gasteiger partial charge in [0, 0.05) is 24.0 Å². The molecule has 1 saturated heterocycles. The van der Waals surface area contributed by atoms with Gasteiger partial charge in [0.05, 0.1) is 10.8 Å². The highest BCUT2D eigenvalue weighted by Crippen LogP contribution is 2.28. The number of hydrogen-bond acceptors (Lipinski definition) is 3. The van der Waals surface area contributed by atoms with E-state index < -0.39 is 0 Å².